The van der Waals surface area contributed by atoms with Crippen molar-refractivity contribution in [3.8, 4) is 0 Å². The van der Waals surface area contributed by atoms with Gasteiger partial charge in [0, 0.05) is 19.2 Å². The van der Waals surface area contributed by atoms with Gasteiger partial charge in [0.2, 0.25) is 0 Å². The van der Waals surface area contributed by atoms with Crippen LogP contribution < -0.4 is 4.90 Å². The van der Waals surface area contributed by atoms with Crippen LogP contribution in [0.5, 0.6) is 0 Å². The summed E-state index contributed by atoms with van der Waals surface area (Å²) in [5.41, 5.74) is 2.38. The van der Waals surface area contributed by atoms with E-state index in [-0.39, 0.29) is 6.03 Å². The van der Waals surface area contributed by atoms with Crippen LogP contribution in [0.25, 0.3) is 0 Å². The molecule has 0 spiro atoms. The Morgan fingerprint density at radius 1 is 1.38 bits per heavy atom. The van der Waals surface area contributed by atoms with Crippen LogP contribution in [0.4, 0.5) is 9.80 Å². The van der Waals surface area contributed by atoms with Gasteiger partial charge >= 0.3 is 6.03 Å². The molecule has 1 saturated heterocycles. The summed E-state index contributed by atoms with van der Waals surface area (Å²) in [6.45, 7) is 10.1. The zero-order chi connectivity index (χ0) is 15.4. The second kappa shape index (κ2) is 7.04. The molecular formula is C15H24N4OS. The first-order valence-electron chi connectivity index (χ1n) is 7.45. The van der Waals surface area contributed by atoms with Gasteiger partial charge in [0.1, 0.15) is 5.00 Å². The van der Waals surface area contributed by atoms with Crippen molar-refractivity contribution >= 4 is 22.6 Å². The molecule has 5 nitrogen and oxygen atoms in total. The van der Waals surface area contributed by atoms with Gasteiger partial charge in [-0.25, -0.2) is 4.79 Å². The zero-order valence-corrected chi connectivity index (χ0v) is 13.9. The topological polar surface area (TPSA) is 39.7 Å². The molecular weight excluding hydrogens is 284 g/mol. The average Bonchev–Trinajstić information content (AvgIpc) is 2.86. The molecule has 1 aliphatic rings. The molecule has 1 aromatic rings. The predicted molar refractivity (Wildman–Crippen MR) is 87.8 cm³/mol. The number of amides is 2. The van der Waals surface area contributed by atoms with E-state index in [4.69, 9.17) is 0 Å². The lowest BCUT2D eigenvalue weighted by Gasteiger charge is -2.39. The van der Waals surface area contributed by atoms with E-state index in [1.165, 1.54) is 17.1 Å². The average molecular weight is 308 g/mol. The van der Waals surface area contributed by atoms with Gasteiger partial charge in [-0.15, -0.1) is 6.58 Å². The first kappa shape index (κ1) is 16.0. The Balaban J connectivity index is 2.29. The van der Waals surface area contributed by atoms with Gasteiger partial charge in [-0.2, -0.15) is 4.37 Å². The summed E-state index contributed by atoms with van der Waals surface area (Å²) < 4.78 is 4.57. The summed E-state index contributed by atoms with van der Waals surface area (Å²) in [6, 6.07) is 0.0525. The second-order valence-corrected chi connectivity index (χ2v) is 6.10. The summed E-state index contributed by atoms with van der Waals surface area (Å²) in [7, 11) is 1.84. The van der Waals surface area contributed by atoms with Crippen LogP contribution in [-0.4, -0.2) is 47.1 Å². The van der Waals surface area contributed by atoms with Crippen LogP contribution in [0, 0.1) is 0 Å². The summed E-state index contributed by atoms with van der Waals surface area (Å²) in [5, 5.41) is 1.01. The predicted octanol–water partition coefficient (Wildman–Crippen LogP) is 2.93. The first-order valence-corrected chi connectivity index (χ1v) is 8.22. The third kappa shape index (κ3) is 3.27. The highest BCUT2D eigenvalue weighted by atomic mass is 32.1. The first-order chi connectivity index (χ1) is 10.1. The molecule has 21 heavy (non-hydrogen) atoms. The van der Waals surface area contributed by atoms with E-state index in [1.807, 2.05) is 18.0 Å². The molecule has 1 aliphatic heterocycles. The van der Waals surface area contributed by atoms with Gasteiger partial charge < -0.3 is 4.90 Å². The van der Waals surface area contributed by atoms with Crippen LogP contribution in [0.1, 0.15) is 31.5 Å². The van der Waals surface area contributed by atoms with Crippen molar-refractivity contribution in [2.45, 2.75) is 33.1 Å². The van der Waals surface area contributed by atoms with E-state index in [0.29, 0.717) is 13.3 Å². The third-order valence-corrected chi connectivity index (χ3v) is 4.58. The zero-order valence-electron chi connectivity index (χ0n) is 13.1. The van der Waals surface area contributed by atoms with Gasteiger partial charge in [0.25, 0.3) is 0 Å². The number of urea groups is 1. The lowest BCUT2D eigenvalue weighted by atomic mass is 10.1. The summed E-state index contributed by atoms with van der Waals surface area (Å²) in [5.74, 6) is 0. The molecule has 0 unspecified atom stereocenters. The molecule has 2 amide bonds. The molecule has 116 valence electrons. The van der Waals surface area contributed by atoms with Crippen LogP contribution in [0.15, 0.2) is 12.7 Å². The fourth-order valence-corrected chi connectivity index (χ4v) is 3.66. The standard InChI is InChI=1S/C15H24N4OS/c1-5-8-13-12(7-3)14(21-16-13)19-11-18(9-6-2)10-17(4)15(19)20/h6H,2,5,7-11H2,1,3-4H3. The molecule has 0 aliphatic carbocycles. The Bertz CT molecular complexity index is 514. The van der Waals surface area contributed by atoms with Gasteiger partial charge in [0.15, 0.2) is 0 Å². The number of aromatic nitrogens is 1. The fraction of sp³-hybridized carbons (Fsp3) is 0.600. The fourth-order valence-electron chi connectivity index (χ4n) is 2.65. The molecule has 2 rings (SSSR count). The normalized spacial score (nSPS) is 16.6. The molecule has 0 bridgehead atoms. The van der Waals surface area contributed by atoms with Crippen molar-refractivity contribution in [3.05, 3.63) is 23.9 Å². The van der Waals surface area contributed by atoms with Gasteiger partial charge in [-0.1, -0.05) is 26.3 Å². The van der Waals surface area contributed by atoms with Crippen molar-refractivity contribution < 1.29 is 4.79 Å². The Kier molecular flexibility index (Phi) is 5.36. The number of aryl methyl sites for hydroxylation is 1. The minimum Gasteiger partial charge on any atom is -0.314 e. The van der Waals surface area contributed by atoms with Gasteiger partial charge in [0.05, 0.1) is 19.0 Å². The largest absolute Gasteiger partial charge is 0.327 e. The third-order valence-electron chi connectivity index (χ3n) is 3.63. The van der Waals surface area contributed by atoms with Gasteiger partial charge in [-0.05, 0) is 24.4 Å². The molecule has 2 heterocycles. The van der Waals surface area contributed by atoms with Crippen LogP contribution >= 0.6 is 11.5 Å². The molecule has 1 aromatic heterocycles. The van der Waals surface area contributed by atoms with Crippen molar-refractivity contribution in [2.24, 2.45) is 0 Å². The second-order valence-electron chi connectivity index (χ2n) is 5.35. The lowest BCUT2D eigenvalue weighted by Crippen LogP contribution is -2.56. The number of rotatable bonds is 6. The molecule has 0 radical (unpaired) electrons. The van der Waals surface area contributed by atoms with Crippen LogP contribution in [0.2, 0.25) is 0 Å². The Labute approximate surface area is 131 Å². The SMILES string of the molecule is C=CCN1CN(C)C(=O)N(c2snc(CCC)c2CC)C1. The highest BCUT2D eigenvalue weighted by Crippen LogP contribution is 2.32. The minimum atomic E-state index is 0.0525. The smallest absolute Gasteiger partial charge is 0.314 e. The Hall–Kier alpha value is -1.40. The van der Waals surface area contributed by atoms with Crippen LogP contribution in [-0.2, 0) is 12.8 Å². The molecule has 1 fully saturated rings. The Morgan fingerprint density at radius 3 is 2.76 bits per heavy atom. The van der Waals surface area contributed by atoms with E-state index in [9.17, 15) is 4.79 Å². The quantitative estimate of drug-likeness (QED) is 0.759. The maximum absolute atomic E-state index is 12.5. The highest BCUT2D eigenvalue weighted by Gasteiger charge is 2.31. The summed E-state index contributed by atoms with van der Waals surface area (Å²) in [6.07, 6.45) is 4.84. The molecule has 0 saturated carbocycles. The monoisotopic (exact) mass is 308 g/mol. The van der Waals surface area contributed by atoms with E-state index >= 15 is 0 Å². The number of nitrogens with zero attached hydrogens (tertiary/aromatic N) is 4. The minimum absolute atomic E-state index is 0.0525. The van der Waals surface area contributed by atoms with Crippen LogP contribution in [0.3, 0.4) is 0 Å². The Morgan fingerprint density at radius 2 is 2.14 bits per heavy atom. The molecule has 0 atom stereocenters. The number of hydrogen-bond donors (Lipinski definition) is 0. The highest BCUT2D eigenvalue weighted by molar-refractivity contribution is 7.10. The van der Waals surface area contributed by atoms with E-state index in [0.717, 1.165) is 36.5 Å². The number of anilines is 1. The van der Waals surface area contributed by atoms with E-state index in [2.05, 4.69) is 29.7 Å². The van der Waals surface area contributed by atoms with Crippen molar-refractivity contribution in [1.29, 1.82) is 0 Å². The van der Waals surface area contributed by atoms with Gasteiger partial charge in [-0.3, -0.25) is 9.80 Å². The number of carbonyl (C=O) groups is 1. The van der Waals surface area contributed by atoms with E-state index < -0.39 is 0 Å². The van der Waals surface area contributed by atoms with Crippen molar-refractivity contribution in [3.63, 3.8) is 0 Å². The maximum atomic E-state index is 12.5. The van der Waals surface area contributed by atoms with Crippen molar-refractivity contribution in [1.82, 2.24) is 14.2 Å². The molecule has 6 heteroatoms. The lowest BCUT2D eigenvalue weighted by molar-refractivity contribution is 0.139. The summed E-state index contributed by atoms with van der Waals surface area (Å²) in [4.78, 5) is 18.3. The van der Waals surface area contributed by atoms with E-state index in [1.54, 1.807) is 4.90 Å². The molecule has 0 aromatic carbocycles. The molecule has 0 N–H and O–H groups in total. The summed E-state index contributed by atoms with van der Waals surface area (Å²) >= 11 is 1.45. The maximum Gasteiger partial charge on any atom is 0.327 e. The van der Waals surface area contributed by atoms with Crippen molar-refractivity contribution in [2.75, 3.05) is 31.8 Å². The number of carbonyl (C=O) groups excluding carboxylic acids is 1. The number of hydrogen-bond acceptors (Lipinski definition) is 4.